The van der Waals surface area contributed by atoms with E-state index in [1.165, 1.54) is 0 Å². The molecule has 0 aliphatic carbocycles. The Balaban J connectivity index is 0. The van der Waals surface area contributed by atoms with Crippen LogP contribution in [-0.2, 0) is 4.43 Å². The quantitative estimate of drug-likeness (QED) is 0.549. The molecule has 0 aliphatic rings. The first-order valence-electron chi connectivity index (χ1n) is 2.90. The van der Waals surface area contributed by atoms with E-state index in [4.69, 9.17) is 4.43 Å². The fourth-order valence-corrected chi connectivity index (χ4v) is 1.29. The van der Waals surface area contributed by atoms with Crippen LogP contribution in [0.2, 0.25) is 13.1 Å². The van der Waals surface area contributed by atoms with Crippen molar-refractivity contribution in [3.63, 3.8) is 0 Å². The van der Waals surface area contributed by atoms with Crippen LogP contribution in [0.25, 0.3) is 0 Å². The minimum Gasteiger partial charge on any atom is -0.414 e. The zero-order valence-electron chi connectivity index (χ0n) is 5.90. The van der Waals surface area contributed by atoms with Gasteiger partial charge in [-0.2, -0.15) is 0 Å². The van der Waals surface area contributed by atoms with E-state index in [1.807, 2.05) is 12.6 Å². The molecule has 0 N–H and O–H groups in total. The summed E-state index contributed by atoms with van der Waals surface area (Å²) in [5.74, 6) is 0. The molecular formula is C6H18OSi2. The molecule has 0 aromatic carbocycles. The van der Waals surface area contributed by atoms with E-state index in [0.717, 1.165) is 6.61 Å². The SMILES string of the molecule is C=C[Si](C)(C)OCC.[SiH4]. The molecule has 0 spiro atoms. The van der Waals surface area contributed by atoms with Gasteiger partial charge in [0.2, 0.25) is 8.32 Å². The summed E-state index contributed by atoms with van der Waals surface area (Å²) < 4.78 is 5.40. The van der Waals surface area contributed by atoms with Crippen LogP contribution >= 0.6 is 0 Å². The second kappa shape index (κ2) is 4.96. The summed E-state index contributed by atoms with van der Waals surface area (Å²) in [4.78, 5) is 0. The molecule has 0 heterocycles. The van der Waals surface area contributed by atoms with Crippen LogP contribution < -0.4 is 0 Å². The monoisotopic (exact) mass is 162 g/mol. The van der Waals surface area contributed by atoms with Crippen LogP contribution in [0.5, 0.6) is 0 Å². The van der Waals surface area contributed by atoms with Gasteiger partial charge in [-0.1, -0.05) is 5.70 Å². The van der Waals surface area contributed by atoms with Gasteiger partial charge in [0.05, 0.1) is 0 Å². The first-order valence-corrected chi connectivity index (χ1v) is 5.88. The van der Waals surface area contributed by atoms with Crippen molar-refractivity contribution >= 4 is 19.3 Å². The molecule has 9 heavy (non-hydrogen) atoms. The average molecular weight is 162 g/mol. The van der Waals surface area contributed by atoms with Crippen LogP contribution in [0.4, 0.5) is 0 Å². The van der Waals surface area contributed by atoms with E-state index in [-0.39, 0.29) is 11.0 Å². The second-order valence-electron chi connectivity index (χ2n) is 2.24. The third-order valence-electron chi connectivity index (χ3n) is 1.01. The Kier molecular flexibility index (Phi) is 6.55. The molecule has 0 aromatic rings. The lowest BCUT2D eigenvalue weighted by Crippen LogP contribution is -2.27. The molecule has 56 valence electrons. The summed E-state index contributed by atoms with van der Waals surface area (Å²) in [6.45, 7) is 10.8. The maximum atomic E-state index is 5.40. The first-order chi connectivity index (χ1) is 3.62. The average Bonchev–Trinajstić information content (AvgIpc) is 1.67. The lowest BCUT2D eigenvalue weighted by molar-refractivity contribution is 0.338. The second-order valence-corrected chi connectivity index (χ2v) is 6.14. The molecule has 3 heteroatoms. The Morgan fingerprint density at radius 3 is 2.11 bits per heavy atom. The molecule has 0 aromatic heterocycles. The molecule has 0 rings (SSSR count). The first kappa shape index (κ1) is 11.9. The van der Waals surface area contributed by atoms with Gasteiger partial charge in [0, 0.05) is 6.61 Å². The van der Waals surface area contributed by atoms with E-state index in [0.29, 0.717) is 0 Å². The van der Waals surface area contributed by atoms with Gasteiger partial charge in [0.1, 0.15) is 0 Å². The highest BCUT2D eigenvalue weighted by Gasteiger charge is 2.14. The minimum absolute atomic E-state index is 0. The van der Waals surface area contributed by atoms with Gasteiger partial charge < -0.3 is 4.43 Å². The third-order valence-corrected chi connectivity index (χ3v) is 3.02. The molecule has 0 saturated carbocycles. The molecule has 1 nitrogen and oxygen atoms in total. The van der Waals surface area contributed by atoms with Crippen LogP contribution in [0.1, 0.15) is 6.92 Å². The van der Waals surface area contributed by atoms with E-state index in [1.54, 1.807) is 0 Å². The lowest BCUT2D eigenvalue weighted by Gasteiger charge is -2.15. The summed E-state index contributed by atoms with van der Waals surface area (Å²) in [6.07, 6.45) is 0. The van der Waals surface area contributed by atoms with Crippen molar-refractivity contribution in [2.75, 3.05) is 6.61 Å². The summed E-state index contributed by atoms with van der Waals surface area (Å²) in [6, 6.07) is 0. The topological polar surface area (TPSA) is 9.23 Å². The van der Waals surface area contributed by atoms with Gasteiger partial charge >= 0.3 is 0 Å². The number of rotatable bonds is 3. The van der Waals surface area contributed by atoms with Gasteiger partial charge in [-0.3, -0.25) is 0 Å². The Labute approximate surface area is 63.3 Å². The largest absolute Gasteiger partial charge is 0.414 e. The molecular weight excluding hydrogens is 144 g/mol. The lowest BCUT2D eigenvalue weighted by atomic mass is 10.9. The Morgan fingerprint density at radius 2 is 2.00 bits per heavy atom. The van der Waals surface area contributed by atoms with Gasteiger partial charge in [-0.25, -0.2) is 0 Å². The summed E-state index contributed by atoms with van der Waals surface area (Å²) in [5.41, 5.74) is 1.94. The molecule has 0 amide bonds. The highest BCUT2D eigenvalue weighted by molar-refractivity contribution is 6.76. The number of hydrogen-bond donors (Lipinski definition) is 0. The zero-order chi connectivity index (χ0) is 6.62. The molecule has 0 fully saturated rings. The molecule has 0 atom stereocenters. The fraction of sp³-hybridized carbons (Fsp3) is 0.667. The Bertz CT molecular complexity index is 81.1. The van der Waals surface area contributed by atoms with Crippen molar-refractivity contribution in [3.05, 3.63) is 12.3 Å². The highest BCUT2D eigenvalue weighted by Crippen LogP contribution is 2.02. The molecule has 0 unspecified atom stereocenters. The smallest absolute Gasteiger partial charge is 0.210 e. The number of hydrogen-bond acceptors (Lipinski definition) is 1. The zero-order valence-corrected chi connectivity index (χ0v) is 6.90. The predicted molar refractivity (Wildman–Crippen MR) is 50.6 cm³/mol. The van der Waals surface area contributed by atoms with Crippen LogP contribution in [0.15, 0.2) is 12.3 Å². The van der Waals surface area contributed by atoms with Gasteiger partial charge in [0.15, 0.2) is 0 Å². The molecule has 0 aliphatic heterocycles. The van der Waals surface area contributed by atoms with Crippen molar-refractivity contribution in [1.82, 2.24) is 0 Å². The summed E-state index contributed by atoms with van der Waals surface area (Å²) >= 11 is 0. The van der Waals surface area contributed by atoms with E-state index < -0.39 is 8.32 Å². The summed E-state index contributed by atoms with van der Waals surface area (Å²) in [5, 5.41) is 0. The molecule has 0 bridgehead atoms. The van der Waals surface area contributed by atoms with Crippen molar-refractivity contribution in [2.24, 2.45) is 0 Å². The van der Waals surface area contributed by atoms with E-state index in [2.05, 4.69) is 19.7 Å². The van der Waals surface area contributed by atoms with E-state index in [9.17, 15) is 0 Å². The van der Waals surface area contributed by atoms with Gasteiger partial charge in [0.25, 0.3) is 0 Å². The van der Waals surface area contributed by atoms with Gasteiger partial charge in [-0.05, 0) is 31.0 Å². The van der Waals surface area contributed by atoms with Crippen LogP contribution in [0.3, 0.4) is 0 Å². The normalized spacial score (nSPS) is 10.1. The van der Waals surface area contributed by atoms with Crippen molar-refractivity contribution in [2.45, 2.75) is 20.0 Å². The van der Waals surface area contributed by atoms with Gasteiger partial charge in [-0.15, -0.1) is 6.58 Å². The minimum atomic E-state index is -1.41. The van der Waals surface area contributed by atoms with Crippen molar-refractivity contribution in [3.8, 4) is 0 Å². The predicted octanol–water partition coefficient (Wildman–Crippen LogP) is 0.502. The standard InChI is InChI=1S/C6H14OSi.H4Si/c1-5-7-8(3,4)6-2;/h6H,2,5H2,1,3-4H3;1H4. The van der Waals surface area contributed by atoms with Crippen molar-refractivity contribution in [1.29, 1.82) is 0 Å². The van der Waals surface area contributed by atoms with Crippen molar-refractivity contribution < 1.29 is 4.43 Å². The molecule has 0 saturated heterocycles. The Morgan fingerprint density at radius 1 is 1.56 bits per heavy atom. The molecule has 0 radical (unpaired) electrons. The van der Waals surface area contributed by atoms with Crippen LogP contribution in [0, 0.1) is 0 Å². The fourth-order valence-electron chi connectivity index (χ4n) is 0.431. The summed E-state index contributed by atoms with van der Waals surface area (Å²) in [7, 11) is -1.41. The van der Waals surface area contributed by atoms with Crippen LogP contribution in [-0.4, -0.2) is 25.9 Å². The highest BCUT2D eigenvalue weighted by atomic mass is 28.4. The maximum Gasteiger partial charge on any atom is 0.210 e. The third kappa shape index (κ3) is 6.01. The van der Waals surface area contributed by atoms with E-state index >= 15 is 0 Å². The maximum absolute atomic E-state index is 5.40. The Hall–Kier alpha value is 0.134.